The molecular weight excluding hydrogens is 332 g/mol. The van der Waals surface area contributed by atoms with Crippen LogP contribution >= 0.6 is 0 Å². The fourth-order valence-electron chi connectivity index (χ4n) is 3.26. The predicted molar refractivity (Wildman–Crippen MR) is 112 cm³/mol. The Morgan fingerprint density at radius 2 is 1.07 bits per heavy atom. The quantitative estimate of drug-likeness (QED) is 0.507. The van der Waals surface area contributed by atoms with Crippen molar-refractivity contribution >= 4 is 0 Å². The summed E-state index contributed by atoms with van der Waals surface area (Å²) in [6.07, 6.45) is 0. The average Bonchev–Trinajstić information content (AvgIpc) is 2.60. The molecule has 0 radical (unpaired) electrons. The Hall–Kier alpha value is -2.74. The van der Waals surface area contributed by atoms with Gasteiger partial charge in [-0.05, 0) is 74.6 Å². The average molecular weight is 360 g/mol. The largest absolute Gasteiger partial charge is 0.489 e. The highest BCUT2D eigenvalue weighted by Gasteiger charge is 2.04. The molecule has 0 amide bonds. The van der Waals surface area contributed by atoms with Crippen LogP contribution in [-0.4, -0.2) is 0 Å². The van der Waals surface area contributed by atoms with Crippen LogP contribution < -0.4 is 9.47 Å². The summed E-state index contributed by atoms with van der Waals surface area (Å²) >= 11 is 0. The van der Waals surface area contributed by atoms with Gasteiger partial charge >= 0.3 is 0 Å². The van der Waals surface area contributed by atoms with Crippen molar-refractivity contribution in [3.8, 4) is 11.5 Å². The minimum atomic E-state index is 0.557. The summed E-state index contributed by atoms with van der Waals surface area (Å²) < 4.78 is 12.0. The van der Waals surface area contributed by atoms with E-state index in [9.17, 15) is 0 Å². The zero-order valence-electron chi connectivity index (χ0n) is 16.9. The van der Waals surface area contributed by atoms with Gasteiger partial charge in [0, 0.05) is 6.07 Å². The lowest BCUT2D eigenvalue weighted by Crippen LogP contribution is -1.99. The summed E-state index contributed by atoms with van der Waals surface area (Å²) in [4.78, 5) is 0. The summed E-state index contributed by atoms with van der Waals surface area (Å²) in [5.74, 6) is 1.67. The topological polar surface area (TPSA) is 18.5 Å². The van der Waals surface area contributed by atoms with Crippen molar-refractivity contribution in [1.82, 2.24) is 0 Å². The van der Waals surface area contributed by atoms with E-state index in [0.29, 0.717) is 13.2 Å². The lowest BCUT2D eigenvalue weighted by Gasteiger charge is -2.12. The first kappa shape index (κ1) is 19.0. The molecule has 0 aliphatic heterocycles. The summed E-state index contributed by atoms with van der Waals surface area (Å²) in [7, 11) is 0. The summed E-state index contributed by atoms with van der Waals surface area (Å²) in [6.45, 7) is 11.7. The van der Waals surface area contributed by atoms with Crippen molar-refractivity contribution in [2.24, 2.45) is 0 Å². The van der Waals surface area contributed by atoms with Crippen LogP contribution in [0.2, 0.25) is 0 Å². The molecule has 0 heterocycles. The van der Waals surface area contributed by atoms with Crippen molar-refractivity contribution in [3.05, 3.63) is 93.5 Å². The van der Waals surface area contributed by atoms with Gasteiger partial charge in [-0.1, -0.05) is 47.5 Å². The van der Waals surface area contributed by atoms with Gasteiger partial charge in [-0.25, -0.2) is 0 Å². The molecular formula is C25H28O2. The number of hydrogen-bond acceptors (Lipinski definition) is 2. The van der Waals surface area contributed by atoms with Crippen LogP contribution in [0.1, 0.15) is 38.9 Å². The zero-order valence-corrected chi connectivity index (χ0v) is 16.9. The maximum atomic E-state index is 6.03. The lowest BCUT2D eigenvalue weighted by atomic mass is 10.1. The summed E-state index contributed by atoms with van der Waals surface area (Å²) in [6, 6.07) is 19.0. The molecule has 3 rings (SSSR count). The molecule has 0 spiro atoms. The highest BCUT2D eigenvalue weighted by molar-refractivity contribution is 5.39. The van der Waals surface area contributed by atoms with Crippen LogP contribution in [0.25, 0.3) is 0 Å². The Morgan fingerprint density at radius 3 is 1.67 bits per heavy atom. The van der Waals surface area contributed by atoms with E-state index in [4.69, 9.17) is 9.47 Å². The highest BCUT2D eigenvalue weighted by atomic mass is 16.5. The first-order valence-electron chi connectivity index (χ1n) is 9.39. The van der Waals surface area contributed by atoms with Gasteiger partial charge in [0.2, 0.25) is 0 Å². The smallest absolute Gasteiger partial charge is 0.123 e. The third-order valence-electron chi connectivity index (χ3n) is 4.69. The normalized spacial score (nSPS) is 10.7. The van der Waals surface area contributed by atoms with Crippen LogP contribution in [0.3, 0.4) is 0 Å². The SMILES string of the molecule is Cc1cc(C)cc(COc2cc(C)cc(OCc3ccc(C)c(C)c3)c2)c1. The molecule has 0 fully saturated rings. The Kier molecular flexibility index (Phi) is 5.85. The number of rotatable bonds is 6. The van der Waals surface area contributed by atoms with Crippen LogP contribution in [-0.2, 0) is 13.2 Å². The highest BCUT2D eigenvalue weighted by Crippen LogP contribution is 2.25. The predicted octanol–water partition coefficient (Wildman–Crippen LogP) is 6.39. The van der Waals surface area contributed by atoms with E-state index in [-0.39, 0.29) is 0 Å². The van der Waals surface area contributed by atoms with Gasteiger partial charge in [0.1, 0.15) is 24.7 Å². The molecule has 0 atom stereocenters. The third kappa shape index (κ3) is 5.37. The van der Waals surface area contributed by atoms with Gasteiger partial charge in [-0.15, -0.1) is 0 Å². The number of benzene rings is 3. The van der Waals surface area contributed by atoms with Gasteiger partial charge in [-0.2, -0.15) is 0 Å². The summed E-state index contributed by atoms with van der Waals surface area (Å²) in [5, 5.41) is 0. The van der Waals surface area contributed by atoms with Crippen LogP contribution in [0.15, 0.2) is 54.6 Å². The fraction of sp³-hybridized carbons (Fsp3) is 0.280. The molecule has 0 saturated carbocycles. The molecule has 2 nitrogen and oxygen atoms in total. The van der Waals surface area contributed by atoms with E-state index in [1.54, 1.807) is 0 Å². The Bertz CT molecular complexity index is 921. The molecule has 0 bridgehead atoms. The molecule has 2 heteroatoms. The zero-order chi connectivity index (χ0) is 19.4. The first-order chi connectivity index (χ1) is 12.9. The Morgan fingerprint density at radius 1 is 0.519 bits per heavy atom. The monoisotopic (exact) mass is 360 g/mol. The van der Waals surface area contributed by atoms with Gasteiger partial charge in [0.25, 0.3) is 0 Å². The van der Waals surface area contributed by atoms with Gasteiger partial charge < -0.3 is 9.47 Å². The molecule has 3 aromatic carbocycles. The van der Waals surface area contributed by atoms with Crippen LogP contribution in [0.5, 0.6) is 11.5 Å². The van der Waals surface area contributed by atoms with Crippen molar-refractivity contribution in [2.75, 3.05) is 0 Å². The van der Waals surface area contributed by atoms with E-state index < -0.39 is 0 Å². The minimum absolute atomic E-state index is 0.557. The molecule has 140 valence electrons. The van der Waals surface area contributed by atoms with E-state index in [0.717, 1.165) is 17.1 Å². The second-order valence-corrected chi connectivity index (χ2v) is 7.47. The van der Waals surface area contributed by atoms with E-state index in [2.05, 4.69) is 71.0 Å². The number of hydrogen-bond donors (Lipinski definition) is 0. The standard InChI is InChI=1S/C25H28O2/c1-17-8-18(2)10-23(9-17)16-27-25-12-19(3)11-24(14-25)26-15-22-7-6-20(4)21(5)13-22/h6-14H,15-16H2,1-5H3. The molecule has 0 aliphatic rings. The van der Waals surface area contributed by atoms with Gasteiger partial charge in [0.15, 0.2) is 0 Å². The molecule has 0 saturated heterocycles. The molecule has 3 aromatic rings. The Labute approximate surface area is 162 Å². The number of aryl methyl sites for hydroxylation is 5. The first-order valence-corrected chi connectivity index (χ1v) is 9.39. The number of ether oxygens (including phenoxy) is 2. The second-order valence-electron chi connectivity index (χ2n) is 7.47. The molecule has 0 aromatic heterocycles. The van der Waals surface area contributed by atoms with E-state index in [1.807, 2.05) is 18.2 Å². The van der Waals surface area contributed by atoms with Gasteiger partial charge in [-0.3, -0.25) is 0 Å². The van der Waals surface area contributed by atoms with Crippen LogP contribution in [0.4, 0.5) is 0 Å². The second kappa shape index (κ2) is 8.30. The maximum Gasteiger partial charge on any atom is 0.123 e. The van der Waals surface area contributed by atoms with Crippen molar-refractivity contribution in [1.29, 1.82) is 0 Å². The lowest BCUT2D eigenvalue weighted by molar-refractivity contribution is 0.289. The van der Waals surface area contributed by atoms with Crippen molar-refractivity contribution in [2.45, 2.75) is 47.8 Å². The van der Waals surface area contributed by atoms with Gasteiger partial charge in [0.05, 0.1) is 0 Å². The third-order valence-corrected chi connectivity index (χ3v) is 4.69. The maximum absolute atomic E-state index is 6.03. The fourth-order valence-corrected chi connectivity index (χ4v) is 3.26. The van der Waals surface area contributed by atoms with E-state index in [1.165, 1.54) is 33.4 Å². The molecule has 0 unspecified atom stereocenters. The van der Waals surface area contributed by atoms with Crippen LogP contribution in [0, 0.1) is 34.6 Å². The summed E-state index contributed by atoms with van der Waals surface area (Å²) in [5.41, 5.74) is 8.60. The molecule has 0 N–H and O–H groups in total. The Balaban J connectivity index is 1.67. The van der Waals surface area contributed by atoms with Crippen molar-refractivity contribution < 1.29 is 9.47 Å². The van der Waals surface area contributed by atoms with Crippen molar-refractivity contribution in [3.63, 3.8) is 0 Å². The van der Waals surface area contributed by atoms with E-state index >= 15 is 0 Å². The molecule has 0 aliphatic carbocycles. The minimum Gasteiger partial charge on any atom is -0.489 e. The molecule has 27 heavy (non-hydrogen) atoms.